The number of carbonyl (C=O) groups is 1. The van der Waals surface area contributed by atoms with Crippen molar-refractivity contribution in [1.82, 2.24) is 10.6 Å². The predicted octanol–water partition coefficient (Wildman–Crippen LogP) is 3.58. The second kappa shape index (κ2) is 12.9. The summed E-state index contributed by atoms with van der Waals surface area (Å²) in [5, 5.41) is 9.20. The lowest BCUT2D eigenvalue weighted by Crippen LogP contribution is -2.37. The van der Waals surface area contributed by atoms with E-state index in [0.29, 0.717) is 12.2 Å². The molecule has 0 unspecified atom stereocenters. The van der Waals surface area contributed by atoms with Crippen LogP contribution in [0.4, 0.5) is 10.5 Å². The largest absolute Gasteiger partial charge is 0.453 e. The number of nitrogens with one attached hydrogen (secondary N) is 3. The van der Waals surface area contributed by atoms with Crippen LogP contribution in [0.2, 0.25) is 0 Å². The van der Waals surface area contributed by atoms with Crippen LogP contribution in [0, 0.1) is 5.92 Å². The monoisotopic (exact) mass is 448 g/mol. The van der Waals surface area contributed by atoms with E-state index in [2.05, 4.69) is 39.5 Å². The van der Waals surface area contributed by atoms with E-state index in [0.717, 1.165) is 30.4 Å². The summed E-state index contributed by atoms with van der Waals surface area (Å²) in [7, 11) is 3.11. The number of ether oxygens (including phenoxy) is 1. The Labute approximate surface area is 161 Å². The Balaban J connectivity index is 0.00000529. The van der Waals surface area contributed by atoms with Gasteiger partial charge in [-0.2, -0.15) is 0 Å². The number of carbonyl (C=O) groups excluding carboxylic acids is 1. The topological polar surface area (TPSA) is 74.8 Å². The quantitative estimate of drug-likeness (QED) is 0.258. The third-order valence-electron chi connectivity index (χ3n) is 3.32. The van der Waals surface area contributed by atoms with Gasteiger partial charge >= 0.3 is 6.09 Å². The number of halogens is 1. The lowest BCUT2D eigenvalue weighted by molar-refractivity contribution is 0.187. The Morgan fingerprint density at radius 2 is 1.88 bits per heavy atom. The molecule has 0 aliphatic carbocycles. The molecule has 0 radical (unpaired) electrons. The van der Waals surface area contributed by atoms with Gasteiger partial charge in [-0.1, -0.05) is 26.0 Å². The number of benzene rings is 1. The smallest absolute Gasteiger partial charge is 0.411 e. The second-order valence-corrected chi connectivity index (χ2v) is 5.70. The molecule has 1 aromatic rings. The van der Waals surface area contributed by atoms with Crippen LogP contribution in [0.15, 0.2) is 29.3 Å². The Kier molecular flexibility index (Phi) is 12.0. The lowest BCUT2D eigenvalue weighted by Gasteiger charge is -2.13. The Morgan fingerprint density at radius 3 is 2.42 bits per heavy atom. The number of amides is 1. The number of nitrogens with zero attached hydrogens (tertiary/aromatic N) is 1. The van der Waals surface area contributed by atoms with E-state index in [1.165, 1.54) is 13.5 Å². The van der Waals surface area contributed by atoms with Crippen molar-refractivity contribution < 1.29 is 9.53 Å². The number of methoxy groups -OCH3 is 1. The van der Waals surface area contributed by atoms with Crippen molar-refractivity contribution in [3.63, 3.8) is 0 Å². The molecule has 1 aromatic carbocycles. The molecule has 0 aromatic heterocycles. The molecule has 0 fully saturated rings. The molecular formula is C17H29IN4O2. The standard InChI is InChI=1S/C17H28N4O2.HI/c1-13(2)6-5-11-19-16(18-3)20-12-14-7-9-15(10-8-14)21-17(22)23-4;/h7-10,13H,5-6,11-12H2,1-4H3,(H,21,22)(H2,18,19,20);1H. The summed E-state index contributed by atoms with van der Waals surface area (Å²) < 4.78 is 4.55. The molecule has 136 valence electrons. The van der Waals surface area contributed by atoms with Crippen molar-refractivity contribution in [2.24, 2.45) is 10.9 Å². The number of hydrogen-bond acceptors (Lipinski definition) is 3. The van der Waals surface area contributed by atoms with Gasteiger partial charge in [0, 0.05) is 25.8 Å². The van der Waals surface area contributed by atoms with Crippen LogP contribution >= 0.6 is 24.0 Å². The highest BCUT2D eigenvalue weighted by molar-refractivity contribution is 14.0. The fourth-order valence-electron chi connectivity index (χ4n) is 2.00. The highest BCUT2D eigenvalue weighted by Gasteiger charge is 2.02. The van der Waals surface area contributed by atoms with Crippen LogP contribution in [0.25, 0.3) is 0 Å². The van der Waals surface area contributed by atoms with E-state index in [4.69, 9.17) is 0 Å². The van der Waals surface area contributed by atoms with Gasteiger partial charge in [-0.05, 0) is 36.5 Å². The van der Waals surface area contributed by atoms with Crippen molar-refractivity contribution >= 4 is 41.7 Å². The van der Waals surface area contributed by atoms with E-state index in [1.54, 1.807) is 7.05 Å². The van der Waals surface area contributed by atoms with Crippen LogP contribution in [0.3, 0.4) is 0 Å². The fourth-order valence-corrected chi connectivity index (χ4v) is 2.00. The first-order valence-corrected chi connectivity index (χ1v) is 7.93. The number of rotatable bonds is 7. The van der Waals surface area contributed by atoms with Crippen molar-refractivity contribution in [3.05, 3.63) is 29.8 Å². The predicted molar refractivity (Wildman–Crippen MR) is 110 cm³/mol. The second-order valence-electron chi connectivity index (χ2n) is 5.70. The maximum Gasteiger partial charge on any atom is 0.411 e. The van der Waals surface area contributed by atoms with Gasteiger partial charge in [0.05, 0.1) is 7.11 Å². The van der Waals surface area contributed by atoms with Gasteiger partial charge in [-0.3, -0.25) is 10.3 Å². The van der Waals surface area contributed by atoms with Gasteiger partial charge in [-0.15, -0.1) is 24.0 Å². The highest BCUT2D eigenvalue weighted by atomic mass is 127. The Hall–Kier alpha value is -1.51. The molecule has 6 nitrogen and oxygen atoms in total. The van der Waals surface area contributed by atoms with Crippen molar-refractivity contribution in [2.75, 3.05) is 26.0 Å². The first kappa shape index (κ1) is 22.5. The van der Waals surface area contributed by atoms with Crippen LogP contribution < -0.4 is 16.0 Å². The molecule has 0 aliphatic rings. The summed E-state index contributed by atoms with van der Waals surface area (Å²) in [6, 6.07) is 7.58. The van der Waals surface area contributed by atoms with E-state index in [-0.39, 0.29) is 24.0 Å². The molecule has 24 heavy (non-hydrogen) atoms. The first-order valence-electron chi connectivity index (χ1n) is 7.93. The molecule has 0 bridgehead atoms. The lowest BCUT2D eigenvalue weighted by atomic mass is 10.1. The zero-order valence-electron chi connectivity index (χ0n) is 14.9. The van der Waals surface area contributed by atoms with Crippen LogP contribution in [0.5, 0.6) is 0 Å². The van der Waals surface area contributed by atoms with Crippen molar-refractivity contribution in [3.8, 4) is 0 Å². The minimum Gasteiger partial charge on any atom is -0.453 e. The maximum atomic E-state index is 11.1. The van der Waals surface area contributed by atoms with Crippen LogP contribution in [-0.4, -0.2) is 32.8 Å². The summed E-state index contributed by atoms with van der Waals surface area (Å²) >= 11 is 0. The summed E-state index contributed by atoms with van der Waals surface area (Å²) in [6.45, 7) is 6.04. The van der Waals surface area contributed by atoms with E-state index in [1.807, 2.05) is 24.3 Å². The zero-order chi connectivity index (χ0) is 17.1. The average Bonchev–Trinajstić information content (AvgIpc) is 2.55. The SMILES string of the molecule is CN=C(NCCCC(C)C)NCc1ccc(NC(=O)OC)cc1.I. The molecule has 1 rings (SSSR count). The number of aliphatic imine (C=N–C) groups is 1. The van der Waals surface area contributed by atoms with E-state index in [9.17, 15) is 4.79 Å². The molecule has 0 saturated carbocycles. The molecule has 1 amide bonds. The zero-order valence-corrected chi connectivity index (χ0v) is 17.2. The molecule has 0 spiro atoms. The number of hydrogen-bond donors (Lipinski definition) is 3. The minimum atomic E-state index is -0.470. The van der Waals surface area contributed by atoms with Gasteiger partial charge < -0.3 is 15.4 Å². The Bertz CT molecular complexity index is 504. The van der Waals surface area contributed by atoms with E-state index >= 15 is 0 Å². The molecule has 3 N–H and O–H groups in total. The molecular weight excluding hydrogens is 419 g/mol. The van der Waals surface area contributed by atoms with Crippen LogP contribution in [-0.2, 0) is 11.3 Å². The Morgan fingerprint density at radius 1 is 1.21 bits per heavy atom. The van der Waals surface area contributed by atoms with Gasteiger partial charge in [0.1, 0.15) is 0 Å². The third kappa shape index (κ3) is 9.59. The number of guanidine groups is 1. The average molecular weight is 448 g/mol. The fraction of sp³-hybridized carbons (Fsp3) is 0.529. The molecule has 0 saturated heterocycles. The number of anilines is 1. The molecule has 7 heteroatoms. The normalized spacial score (nSPS) is 10.8. The van der Waals surface area contributed by atoms with E-state index < -0.39 is 6.09 Å². The molecule has 0 atom stereocenters. The maximum absolute atomic E-state index is 11.1. The summed E-state index contributed by atoms with van der Waals surface area (Å²) in [4.78, 5) is 15.3. The first-order chi connectivity index (χ1) is 11.0. The van der Waals surface area contributed by atoms with Gasteiger partial charge in [0.15, 0.2) is 5.96 Å². The minimum absolute atomic E-state index is 0. The van der Waals surface area contributed by atoms with Crippen molar-refractivity contribution in [1.29, 1.82) is 0 Å². The molecule has 0 heterocycles. The van der Waals surface area contributed by atoms with Crippen molar-refractivity contribution in [2.45, 2.75) is 33.2 Å². The molecule has 0 aliphatic heterocycles. The highest BCUT2D eigenvalue weighted by Crippen LogP contribution is 2.09. The summed E-state index contributed by atoms with van der Waals surface area (Å²) in [6.07, 6.45) is 1.87. The summed E-state index contributed by atoms with van der Waals surface area (Å²) in [5.74, 6) is 1.52. The third-order valence-corrected chi connectivity index (χ3v) is 3.32. The summed E-state index contributed by atoms with van der Waals surface area (Å²) in [5.41, 5.74) is 1.81. The van der Waals surface area contributed by atoms with Gasteiger partial charge in [0.25, 0.3) is 0 Å². The van der Waals surface area contributed by atoms with Gasteiger partial charge in [0.2, 0.25) is 0 Å². The van der Waals surface area contributed by atoms with Crippen LogP contribution in [0.1, 0.15) is 32.3 Å². The van der Waals surface area contributed by atoms with Gasteiger partial charge in [-0.25, -0.2) is 4.79 Å².